The van der Waals surface area contributed by atoms with E-state index in [9.17, 15) is 4.79 Å². The van der Waals surface area contributed by atoms with Gasteiger partial charge in [-0.05, 0) is 35.5 Å². The summed E-state index contributed by atoms with van der Waals surface area (Å²) in [6.45, 7) is 0.693. The first-order valence-electron chi connectivity index (χ1n) is 5.76. The van der Waals surface area contributed by atoms with Crippen LogP contribution < -0.4 is 11.1 Å². The third kappa shape index (κ3) is 1.97. The minimum absolute atomic E-state index is 0.0180. The second-order valence-corrected chi connectivity index (χ2v) is 4.54. The molecule has 1 aromatic heterocycles. The molecule has 2 aliphatic rings. The van der Waals surface area contributed by atoms with Crippen molar-refractivity contribution in [1.29, 1.82) is 0 Å². The van der Waals surface area contributed by atoms with Crippen molar-refractivity contribution in [3.05, 3.63) is 5.69 Å². The fraction of sp³-hybridized carbons (Fsp3) is 0.700. The van der Waals surface area contributed by atoms with Crippen molar-refractivity contribution in [2.24, 2.45) is 5.92 Å². The molecule has 0 radical (unpaired) electrons. The van der Waals surface area contributed by atoms with E-state index in [1.807, 2.05) is 0 Å². The predicted octanol–water partition coefficient (Wildman–Crippen LogP) is -0.0509. The quantitative estimate of drug-likeness (QED) is 0.765. The summed E-state index contributed by atoms with van der Waals surface area (Å²) < 4.78 is 10.0. The molecule has 7 nitrogen and oxygen atoms in total. The zero-order valence-electron chi connectivity index (χ0n) is 9.26. The number of ether oxygens (including phenoxy) is 1. The zero-order chi connectivity index (χ0) is 11.8. The molecule has 1 amide bonds. The van der Waals surface area contributed by atoms with E-state index in [4.69, 9.17) is 10.5 Å². The van der Waals surface area contributed by atoms with Gasteiger partial charge in [-0.15, -0.1) is 0 Å². The van der Waals surface area contributed by atoms with Crippen molar-refractivity contribution < 1.29 is 14.2 Å². The molecule has 92 valence electrons. The minimum Gasteiger partial charge on any atom is -0.379 e. The Morgan fingerprint density at radius 3 is 2.82 bits per heavy atom. The van der Waals surface area contributed by atoms with Crippen LogP contribution in [0.4, 0.5) is 5.82 Å². The molecule has 3 N–H and O–H groups in total. The number of nitrogens with one attached hydrogen (secondary N) is 1. The summed E-state index contributed by atoms with van der Waals surface area (Å²) in [5, 5.41) is 9.74. The number of carbonyl (C=O) groups is 1. The van der Waals surface area contributed by atoms with Crippen LogP contribution >= 0.6 is 0 Å². The van der Waals surface area contributed by atoms with Gasteiger partial charge in [-0.2, -0.15) is 0 Å². The lowest BCUT2D eigenvalue weighted by Gasteiger charge is -2.18. The highest BCUT2D eigenvalue weighted by Gasteiger charge is 2.41. The van der Waals surface area contributed by atoms with E-state index < -0.39 is 0 Å². The van der Waals surface area contributed by atoms with Gasteiger partial charge in [0.25, 0.3) is 5.91 Å². The Kier molecular flexibility index (Phi) is 2.47. The fourth-order valence-corrected chi connectivity index (χ4v) is 2.24. The lowest BCUT2D eigenvalue weighted by Crippen LogP contribution is -2.41. The SMILES string of the molecule is Nc1nonc1C(=O)NC1CCOC1C1CC1. The summed E-state index contributed by atoms with van der Waals surface area (Å²) in [4.78, 5) is 11.9. The van der Waals surface area contributed by atoms with Crippen LogP contribution in [0.15, 0.2) is 4.63 Å². The molecule has 0 bridgehead atoms. The van der Waals surface area contributed by atoms with E-state index in [1.165, 1.54) is 12.8 Å². The number of hydrogen-bond donors (Lipinski definition) is 2. The first-order chi connectivity index (χ1) is 8.25. The molecular weight excluding hydrogens is 224 g/mol. The van der Waals surface area contributed by atoms with E-state index in [0.29, 0.717) is 12.5 Å². The van der Waals surface area contributed by atoms with Gasteiger partial charge in [0.05, 0.1) is 12.1 Å². The van der Waals surface area contributed by atoms with Crippen molar-refractivity contribution in [1.82, 2.24) is 15.6 Å². The van der Waals surface area contributed by atoms with Crippen LogP contribution in [0, 0.1) is 5.92 Å². The number of amides is 1. The molecule has 3 rings (SSSR count). The highest BCUT2D eigenvalue weighted by Crippen LogP contribution is 2.38. The molecule has 2 fully saturated rings. The Labute approximate surface area is 97.6 Å². The standard InChI is InChI=1S/C10H14N4O3/c11-9-7(13-17-14-9)10(15)12-6-3-4-16-8(6)5-1-2-5/h5-6,8H,1-4H2,(H2,11,14)(H,12,15). The normalized spacial score (nSPS) is 28.2. The maximum absolute atomic E-state index is 11.9. The van der Waals surface area contributed by atoms with Crippen molar-refractivity contribution in [2.45, 2.75) is 31.4 Å². The summed E-state index contributed by atoms with van der Waals surface area (Å²) >= 11 is 0. The number of nitrogens with two attached hydrogens (primary N) is 1. The number of anilines is 1. The second kappa shape index (κ2) is 3.99. The first kappa shape index (κ1) is 10.5. The van der Waals surface area contributed by atoms with Crippen molar-refractivity contribution in [2.75, 3.05) is 12.3 Å². The van der Waals surface area contributed by atoms with Gasteiger partial charge in [0.1, 0.15) is 0 Å². The van der Waals surface area contributed by atoms with Crippen LogP contribution in [0.5, 0.6) is 0 Å². The Hall–Kier alpha value is -1.63. The molecule has 1 saturated carbocycles. The molecule has 2 unspecified atom stereocenters. The Morgan fingerprint density at radius 1 is 1.35 bits per heavy atom. The number of nitrogens with zero attached hydrogens (tertiary/aromatic N) is 2. The van der Waals surface area contributed by atoms with Gasteiger partial charge in [0.2, 0.25) is 11.5 Å². The summed E-state index contributed by atoms with van der Waals surface area (Å²) in [5.74, 6) is 0.268. The van der Waals surface area contributed by atoms with Crippen LogP contribution in [-0.4, -0.2) is 35.0 Å². The third-order valence-corrected chi connectivity index (χ3v) is 3.27. The zero-order valence-corrected chi connectivity index (χ0v) is 9.26. The highest BCUT2D eigenvalue weighted by atomic mass is 16.6. The van der Waals surface area contributed by atoms with Crippen LogP contribution in [-0.2, 0) is 4.74 Å². The highest BCUT2D eigenvalue weighted by molar-refractivity contribution is 5.96. The summed E-state index contributed by atoms with van der Waals surface area (Å²) in [6.07, 6.45) is 3.34. The van der Waals surface area contributed by atoms with Crippen molar-refractivity contribution in [3.8, 4) is 0 Å². The lowest BCUT2D eigenvalue weighted by atomic mass is 10.1. The van der Waals surface area contributed by atoms with Crippen LogP contribution in [0.2, 0.25) is 0 Å². The molecule has 2 heterocycles. The summed E-state index contributed by atoms with van der Waals surface area (Å²) in [5.41, 5.74) is 5.51. The average molecular weight is 238 g/mol. The molecule has 2 atom stereocenters. The van der Waals surface area contributed by atoms with Gasteiger partial charge in [0.15, 0.2) is 0 Å². The Bertz CT molecular complexity index is 429. The van der Waals surface area contributed by atoms with Crippen molar-refractivity contribution >= 4 is 11.7 Å². The molecule has 7 heteroatoms. The Balaban J connectivity index is 1.66. The van der Waals surface area contributed by atoms with E-state index in [-0.39, 0.29) is 29.6 Å². The van der Waals surface area contributed by atoms with Gasteiger partial charge < -0.3 is 15.8 Å². The number of nitrogen functional groups attached to an aromatic ring is 1. The minimum atomic E-state index is -0.343. The van der Waals surface area contributed by atoms with Gasteiger partial charge in [-0.1, -0.05) is 0 Å². The van der Waals surface area contributed by atoms with E-state index in [2.05, 4.69) is 20.3 Å². The molecule has 1 aliphatic heterocycles. The number of hydrogen-bond acceptors (Lipinski definition) is 6. The smallest absolute Gasteiger partial charge is 0.277 e. The number of aromatic nitrogens is 2. The first-order valence-corrected chi connectivity index (χ1v) is 5.76. The van der Waals surface area contributed by atoms with Crippen LogP contribution in [0.25, 0.3) is 0 Å². The Morgan fingerprint density at radius 2 is 2.18 bits per heavy atom. The molecule has 0 aromatic carbocycles. The average Bonchev–Trinajstić information content (AvgIpc) is 2.89. The summed E-state index contributed by atoms with van der Waals surface area (Å²) in [6, 6.07) is 0.0473. The number of rotatable bonds is 3. The van der Waals surface area contributed by atoms with E-state index >= 15 is 0 Å². The molecule has 1 saturated heterocycles. The van der Waals surface area contributed by atoms with Crippen LogP contribution in [0.1, 0.15) is 29.8 Å². The fourth-order valence-electron chi connectivity index (χ4n) is 2.24. The van der Waals surface area contributed by atoms with Crippen LogP contribution in [0.3, 0.4) is 0 Å². The maximum atomic E-state index is 11.9. The monoisotopic (exact) mass is 238 g/mol. The summed E-state index contributed by atoms with van der Waals surface area (Å²) in [7, 11) is 0. The second-order valence-electron chi connectivity index (χ2n) is 4.54. The van der Waals surface area contributed by atoms with Gasteiger partial charge in [-0.25, -0.2) is 4.63 Å². The van der Waals surface area contributed by atoms with E-state index in [1.54, 1.807) is 0 Å². The molecule has 0 spiro atoms. The van der Waals surface area contributed by atoms with Gasteiger partial charge >= 0.3 is 0 Å². The van der Waals surface area contributed by atoms with Crippen molar-refractivity contribution in [3.63, 3.8) is 0 Å². The third-order valence-electron chi connectivity index (χ3n) is 3.27. The molecule has 17 heavy (non-hydrogen) atoms. The van der Waals surface area contributed by atoms with Gasteiger partial charge in [-0.3, -0.25) is 4.79 Å². The molecule has 1 aliphatic carbocycles. The maximum Gasteiger partial charge on any atom is 0.277 e. The topological polar surface area (TPSA) is 103 Å². The predicted molar refractivity (Wildman–Crippen MR) is 57.0 cm³/mol. The number of carbonyl (C=O) groups excluding carboxylic acids is 1. The van der Waals surface area contributed by atoms with Gasteiger partial charge in [0, 0.05) is 6.61 Å². The van der Waals surface area contributed by atoms with E-state index in [0.717, 1.165) is 6.42 Å². The lowest BCUT2D eigenvalue weighted by molar-refractivity contribution is 0.0725. The molecule has 1 aromatic rings. The molecular formula is C10H14N4O3. The largest absolute Gasteiger partial charge is 0.379 e.